The molecule has 1 aromatic carbocycles. The number of aromatic hydroxyl groups is 1. The number of carbonyl (C=O) groups is 3. The molecule has 0 aliphatic heterocycles. The SMILES string of the molecule is COc1cc(/C=C/C(=O)OC(C(=O)O)C(OS(=O)(=O)O)C(=O)O)ccc1O. The van der Waals surface area contributed by atoms with Crippen molar-refractivity contribution in [1.29, 1.82) is 0 Å². The third-order valence-electron chi connectivity index (χ3n) is 2.85. The van der Waals surface area contributed by atoms with Gasteiger partial charge in [0.2, 0.25) is 12.2 Å². The van der Waals surface area contributed by atoms with Crippen LogP contribution in [0.5, 0.6) is 11.5 Å². The van der Waals surface area contributed by atoms with E-state index in [2.05, 4.69) is 8.92 Å². The van der Waals surface area contributed by atoms with Crippen LogP contribution in [0.4, 0.5) is 0 Å². The maximum absolute atomic E-state index is 11.7. The van der Waals surface area contributed by atoms with E-state index in [4.69, 9.17) is 19.5 Å². The van der Waals surface area contributed by atoms with Gasteiger partial charge in [-0.15, -0.1) is 0 Å². The highest BCUT2D eigenvalue weighted by Gasteiger charge is 2.41. The van der Waals surface area contributed by atoms with E-state index in [9.17, 15) is 27.9 Å². The van der Waals surface area contributed by atoms with Crippen molar-refractivity contribution in [3.05, 3.63) is 29.8 Å². The van der Waals surface area contributed by atoms with Crippen LogP contribution in [0.15, 0.2) is 24.3 Å². The predicted octanol–water partition coefficient (Wildman–Crippen LogP) is -0.317. The summed E-state index contributed by atoms with van der Waals surface area (Å²) in [4.78, 5) is 33.8. The Hall–Kier alpha value is -3.16. The molecule has 0 bridgehead atoms. The summed E-state index contributed by atoms with van der Waals surface area (Å²) >= 11 is 0. The second-order valence-electron chi connectivity index (χ2n) is 4.74. The normalized spacial score (nSPS) is 13.7. The summed E-state index contributed by atoms with van der Waals surface area (Å²) in [6, 6.07) is 3.96. The van der Waals surface area contributed by atoms with Gasteiger partial charge < -0.3 is 24.8 Å². The molecule has 148 valence electrons. The summed E-state index contributed by atoms with van der Waals surface area (Å²) in [6.07, 6.45) is -3.45. The van der Waals surface area contributed by atoms with E-state index in [1.165, 1.54) is 25.3 Å². The predicted molar refractivity (Wildman–Crippen MR) is 85.3 cm³/mol. The zero-order chi connectivity index (χ0) is 20.8. The van der Waals surface area contributed by atoms with Crippen molar-refractivity contribution in [1.82, 2.24) is 0 Å². The molecule has 0 saturated carbocycles. The van der Waals surface area contributed by atoms with Crippen LogP contribution >= 0.6 is 0 Å². The Labute approximate surface area is 152 Å². The van der Waals surface area contributed by atoms with Gasteiger partial charge in [0.05, 0.1) is 7.11 Å². The van der Waals surface area contributed by atoms with Gasteiger partial charge in [-0.1, -0.05) is 6.07 Å². The fraction of sp³-hybridized carbons (Fsp3) is 0.214. The zero-order valence-corrected chi connectivity index (χ0v) is 14.3. The number of carboxylic acids is 2. The van der Waals surface area contributed by atoms with Crippen molar-refractivity contribution >= 4 is 34.4 Å². The molecule has 0 saturated heterocycles. The Morgan fingerprint density at radius 3 is 2.19 bits per heavy atom. The zero-order valence-electron chi connectivity index (χ0n) is 13.5. The quantitative estimate of drug-likeness (QED) is 0.237. The van der Waals surface area contributed by atoms with E-state index >= 15 is 0 Å². The molecule has 0 heterocycles. The van der Waals surface area contributed by atoms with Crippen LogP contribution in [-0.2, 0) is 33.7 Å². The lowest BCUT2D eigenvalue weighted by molar-refractivity contribution is -0.174. The maximum Gasteiger partial charge on any atom is 0.398 e. The monoisotopic (exact) mass is 406 g/mol. The van der Waals surface area contributed by atoms with E-state index in [0.717, 1.165) is 6.08 Å². The first-order valence-corrected chi connectivity index (χ1v) is 8.18. The summed E-state index contributed by atoms with van der Waals surface area (Å²) in [6.45, 7) is 0. The van der Waals surface area contributed by atoms with Gasteiger partial charge in [0.15, 0.2) is 11.5 Å². The van der Waals surface area contributed by atoms with Crippen LogP contribution in [0.3, 0.4) is 0 Å². The number of ether oxygens (including phenoxy) is 2. The number of hydrogen-bond acceptors (Lipinski definition) is 9. The van der Waals surface area contributed by atoms with E-state index in [-0.39, 0.29) is 11.5 Å². The van der Waals surface area contributed by atoms with E-state index in [1.807, 2.05) is 0 Å². The summed E-state index contributed by atoms with van der Waals surface area (Å²) < 4.78 is 42.8. The second kappa shape index (κ2) is 8.98. The first-order valence-electron chi connectivity index (χ1n) is 6.81. The van der Waals surface area contributed by atoms with Crippen molar-refractivity contribution in [2.24, 2.45) is 0 Å². The topological polar surface area (TPSA) is 194 Å². The lowest BCUT2D eigenvalue weighted by Crippen LogP contribution is -2.45. The van der Waals surface area contributed by atoms with Crippen LogP contribution < -0.4 is 4.74 Å². The highest BCUT2D eigenvalue weighted by molar-refractivity contribution is 7.80. The average molecular weight is 406 g/mol. The van der Waals surface area contributed by atoms with Gasteiger partial charge in [0, 0.05) is 6.08 Å². The first-order chi connectivity index (χ1) is 12.4. The van der Waals surface area contributed by atoms with Gasteiger partial charge in [-0.25, -0.2) is 18.6 Å². The number of phenolic OH excluding ortho intramolecular Hbond substituents is 1. The number of methoxy groups -OCH3 is 1. The number of carboxylic acid groups (broad SMARTS) is 2. The molecule has 0 amide bonds. The highest BCUT2D eigenvalue weighted by Crippen LogP contribution is 2.26. The van der Waals surface area contributed by atoms with Gasteiger partial charge in [-0.2, -0.15) is 8.42 Å². The van der Waals surface area contributed by atoms with Crippen molar-refractivity contribution in [2.45, 2.75) is 12.2 Å². The fourth-order valence-corrected chi connectivity index (χ4v) is 2.17. The fourth-order valence-electron chi connectivity index (χ4n) is 1.72. The molecule has 13 heteroatoms. The number of esters is 1. The van der Waals surface area contributed by atoms with Gasteiger partial charge in [0.25, 0.3) is 0 Å². The van der Waals surface area contributed by atoms with Crippen molar-refractivity contribution in [3.63, 3.8) is 0 Å². The van der Waals surface area contributed by atoms with Crippen LogP contribution in [0.2, 0.25) is 0 Å². The van der Waals surface area contributed by atoms with Crippen LogP contribution in [0.1, 0.15) is 5.56 Å². The molecule has 0 aliphatic rings. The summed E-state index contributed by atoms with van der Waals surface area (Å²) in [7, 11) is -4.05. The molecule has 0 aliphatic carbocycles. The van der Waals surface area contributed by atoms with Gasteiger partial charge in [0.1, 0.15) is 0 Å². The van der Waals surface area contributed by atoms with Crippen molar-refractivity contribution in [3.8, 4) is 11.5 Å². The Morgan fingerprint density at radius 2 is 1.70 bits per heavy atom. The molecule has 0 aromatic heterocycles. The van der Waals surface area contributed by atoms with Crippen molar-refractivity contribution in [2.75, 3.05) is 7.11 Å². The molecule has 4 N–H and O–H groups in total. The second-order valence-corrected chi connectivity index (χ2v) is 5.79. The summed E-state index contributed by atoms with van der Waals surface area (Å²) in [5, 5.41) is 27.3. The Morgan fingerprint density at radius 1 is 1.11 bits per heavy atom. The van der Waals surface area contributed by atoms with Gasteiger partial charge >= 0.3 is 28.3 Å². The van der Waals surface area contributed by atoms with E-state index < -0.39 is 40.5 Å². The molecule has 0 radical (unpaired) electrons. The molecular formula is C14H14O12S. The Bertz CT molecular complexity index is 857. The number of carbonyl (C=O) groups excluding carboxylic acids is 1. The number of aliphatic carboxylic acids is 2. The van der Waals surface area contributed by atoms with E-state index in [0.29, 0.717) is 11.6 Å². The highest BCUT2D eigenvalue weighted by atomic mass is 32.3. The first kappa shape index (κ1) is 21.9. The molecule has 2 unspecified atom stereocenters. The third kappa shape index (κ3) is 6.93. The lowest BCUT2D eigenvalue weighted by Gasteiger charge is -2.18. The van der Waals surface area contributed by atoms with Crippen LogP contribution in [0, 0.1) is 0 Å². The molecule has 1 rings (SSSR count). The van der Waals surface area contributed by atoms with E-state index in [1.54, 1.807) is 0 Å². The summed E-state index contributed by atoms with van der Waals surface area (Å²) in [5.41, 5.74) is 0.331. The molecule has 1 aromatic rings. The molecule has 12 nitrogen and oxygen atoms in total. The molecule has 2 atom stereocenters. The molecular weight excluding hydrogens is 392 g/mol. The lowest BCUT2D eigenvalue weighted by atomic mass is 10.2. The van der Waals surface area contributed by atoms with Crippen LogP contribution in [0.25, 0.3) is 6.08 Å². The van der Waals surface area contributed by atoms with Gasteiger partial charge in [-0.05, 0) is 23.8 Å². The molecule has 0 fully saturated rings. The Balaban J connectivity index is 2.98. The minimum Gasteiger partial charge on any atom is -0.504 e. The largest absolute Gasteiger partial charge is 0.504 e. The maximum atomic E-state index is 11.7. The van der Waals surface area contributed by atoms with Crippen LogP contribution in [-0.4, -0.2) is 65.5 Å². The number of rotatable bonds is 9. The minimum absolute atomic E-state index is 0.0847. The molecule has 0 spiro atoms. The smallest absolute Gasteiger partial charge is 0.398 e. The summed E-state index contributed by atoms with van der Waals surface area (Å²) in [5.74, 6) is -5.57. The number of phenols is 1. The third-order valence-corrected chi connectivity index (χ3v) is 3.30. The van der Waals surface area contributed by atoms with Gasteiger partial charge in [-0.3, -0.25) is 4.55 Å². The van der Waals surface area contributed by atoms with Crippen molar-refractivity contribution < 1.29 is 56.3 Å². The number of benzene rings is 1. The molecule has 27 heavy (non-hydrogen) atoms. The number of hydrogen-bond donors (Lipinski definition) is 4. The standard InChI is InChI=1S/C14H14O12S/c1-24-9-6-7(2-4-8(9)15)3-5-10(16)25-11(13(17)18)12(14(19)20)26-27(21,22)23/h2-6,11-12,15H,1H3,(H,17,18)(H,19,20)(H,21,22,23)/b5-3+. The Kier molecular flexibility index (Phi) is 7.27. The minimum atomic E-state index is -5.34. The average Bonchev–Trinajstić information content (AvgIpc) is 2.55.